The van der Waals surface area contributed by atoms with Crippen LogP contribution in [0, 0.1) is 0 Å². The number of thioether (sulfide) groups is 1. The van der Waals surface area contributed by atoms with Gasteiger partial charge >= 0.3 is 5.51 Å². The molecule has 0 fully saturated rings. The topological polar surface area (TPSA) is 91.2 Å². The van der Waals surface area contributed by atoms with E-state index in [1.54, 1.807) is 12.1 Å². The van der Waals surface area contributed by atoms with Gasteiger partial charge in [-0.3, -0.25) is 4.55 Å². The van der Waals surface area contributed by atoms with Gasteiger partial charge < -0.3 is 9.87 Å². The normalized spacial score (nSPS) is 14.0. The number of nitrogens with two attached hydrogens (primary N) is 1. The molecule has 1 unspecified atom stereocenters. The number of benzene rings is 1. The second kappa shape index (κ2) is 13.8. The van der Waals surface area contributed by atoms with Crippen LogP contribution >= 0.6 is 24.7 Å². The van der Waals surface area contributed by atoms with Crippen molar-refractivity contribution in [2.75, 3.05) is 12.3 Å². The molecular weight excluding hydrogens is 459 g/mol. The van der Waals surface area contributed by atoms with Gasteiger partial charge in [-0.05, 0) is 67.9 Å². The van der Waals surface area contributed by atoms with Crippen molar-refractivity contribution >= 4 is 40.5 Å². The lowest BCUT2D eigenvalue weighted by atomic mass is 9.75. The van der Waals surface area contributed by atoms with Gasteiger partial charge in [0, 0.05) is 16.5 Å². The summed E-state index contributed by atoms with van der Waals surface area (Å²) in [5, 5.41) is 1.96. The van der Waals surface area contributed by atoms with Gasteiger partial charge in [0.05, 0.1) is 12.3 Å². The average molecular weight is 493 g/mol. The molecule has 5 nitrogen and oxygen atoms in total. The van der Waals surface area contributed by atoms with Gasteiger partial charge in [-0.25, -0.2) is 0 Å². The molecule has 1 aromatic rings. The second-order valence-electron chi connectivity index (χ2n) is 7.30. The summed E-state index contributed by atoms with van der Waals surface area (Å²) in [6.07, 6.45) is 4.64. The highest BCUT2D eigenvalue weighted by molar-refractivity contribution is 8.00. The molecule has 176 valence electrons. The Labute approximate surface area is 187 Å². The van der Waals surface area contributed by atoms with E-state index in [0.717, 1.165) is 36.9 Å². The van der Waals surface area contributed by atoms with Gasteiger partial charge in [-0.15, -0.1) is 0 Å². The predicted octanol–water partition coefficient (Wildman–Crippen LogP) is 5.41. The Hall–Kier alpha value is -0.460. The maximum Gasteiger partial charge on any atom is 0.446 e. The molecule has 0 aliphatic heterocycles. The number of thiol groups is 1. The van der Waals surface area contributed by atoms with Crippen LogP contribution in [0.15, 0.2) is 23.1 Å². The zero-order chi connectivity index (χ0) is 23.4. The number of hydrogen-bond acceptors (Lipinski definition) is 5. The van der Waals surface area contributed by atoms with Crippen molar-refractivity contribution in [3.63, 3.8) is 0 Å². The van der Waals surface area contributed by atoms with E-state index in [-0.39, 0.29) is 27.8 Å². The Balaban J connectivity index is 0.00000407. The van der Waals surface area contributed by atoms with Gasteiger partial charge in [0.25, 0.3) is 10.1 Å². The molecule has 0 aromatic heterocycles. The van der Waals surface area contributed by atoms with E-state index in [1.165, 1.54) is 6.07 Å². The van der Waals surface area contributed by atoms with Gasteiger partial charge in [0.2, 0.25) is 0 Å². The molecule has 30 heavy (non-hydrogen) atoms. The first kappa shape index (κ1) is 29.5. The molecule has 1 aromatic carbocycles. The molecule has 0 saturated heterocycles. The highest BCUT2D eigenvalue weighted by atomic mass is 32.2. The zero-order valence-corrected chi connectivity index (χ0v) is 20.1. The van der Waals surface area contributed by atoms with Gasteiger partial charge in [-0.2, -0.15) is 21.6 Å². The van der Waals surface area contributed by atoms with Crippen molar-refractivity contribution in [3.05, 3.63) is 23.8 Å². The first-order chi connectivity index (χ1) is 13.9. The molecule has 0 amide bonds. The Morgan fingerprint density at radius 3 is 2.27 bits per heavy atom. The third-order valence-electron chi connectivity index (χ3n) is 4.99. The Morgan fingerprint density at radius 1 is 1.13 bits per heavy atom. The van der Waals surface area contributed by atoms with Crippen molar-refractivity contribution < 1.29 is 36.0 Å². The number of rotatable bonds is 12. The minimum Gasteiger partial charge on any atom is -0.333 e. The maximum absolute atomic E-state index is 12.8. The summed E-state index contributed by atoms with van der Waals surface area (Å²) in [7, 11) is -3.96. The number of alkyl halides is 3. The predicted molar refractivity (Wildman–Crippen MR) is 119 cm³/mol. The SMILES string of the molecule is CCCCC(C)(CC)c1cc(SC(F)(F)F)ccc1[NH2+]CCCCS(=O)(=O)O.OS. The molecular formula is C19H33F3NO4S3+. The monoisotopic (exact) mass is 492 g/mol. The lowest BCUT2D eigenvalue weighted by Crippen LogP contribution is -2.78. The van der Waals surface area contributed by atoms with Crippen LogP contribution in [0.4, 0.5) is 18.9 Å². The van der Waals surface area contributed by atoms with E-state index in [0.29, 0.717) is 19.4 Å². The maximum atomic E-state index is 12.8. The van der Waals surface area contributed by atoms with E-state index < -0.39 is 15.6 Å². The van der Waals surface area contributed by atoms with Crippen LogP contribution in [-0.4, -0.2) is 35.3 Å². The van der Waals surface area contributed by atoms with E-state index in [4.69, 9.17) is 9.11 Å². The lowest BCUT2D eigenvalue weighted by molar-refractivity contribution is -0.572. The van der Waals surface area contributed by atoms with Crippen LogP contribution < -0.4 is 5.32 Å². The van der Waals surface area contributed by atoms with E-state index in [2.05, 4.69) is 33.7 Å². The molecule has 11 heteroatoms. The fourth-order valence-electron chi connectivity index (χ4n) is 3.19. The fraction of sp³-hybridized carbons (Fsp3) is 0.684. The van der Waals surface area contributed by atoms with Crippen LogP contribution in [0.25, 0.3) is 0 Å². The molecule has 0 heterocycles. The van der Waals surface area contributed by atoms with E-state index >= 15 is 0 Å². The minimum atomic E-state index is -4.33. The standard InChI is InChI=1S/C19H30F3NO3S2.H2OS/c1-4-6-11-18(3,5-2)16-14-15(27-19(20,21)22)9-10-17(16)23-12-7-8-13-28(24,25)26;1-2/h9-10,14,23H,4-8,11-13H2,1-3H3,(H,24,25,26);1-2H/p+1. The zero-order valence-electron chi connectivity index (χ0n) is 17.6. The molecule has 0 spiro atoms. The van der Waals surface area contributed by atoms with Crippen LogP contribution in [0.1, 0.15) is 64.9 Å². The Bertz CT molecular complexity index is 730. The summed E-state index contributed by atoms with van der Waals surface area (Å²) < 4.78 is 75.5. The first-order valence-electron chi connectivity index (χ1n) is 9.79. The average Bonchev–Trinajstić information content (AvgIpc) is 2.66. The summed E-state index contributed by atoms with van der Waals surface area (Å²) in [6, 6.07) is 4.87. The van der Waals surface area contributed by atoms with Crippen molar-refractivity contribution in [2.45, 2.75) is 75.1 Å². The second-order valence-corrected chi connectivity index (χ2v) is 10.0. The van der Waals surface area contributed by atoms with Crippen LogP contribution in [0.5, 0.6) is 0 Å². The Kier molecular flexibility index (Phi) is 13.6. The minimum absolute atomic E-state index is 0.0996. The fourth-order valence-corrected chi connectivity index (χ4v) is 4.34. The van der Waals surface area contributed by atoms with Crippen molar-refractivity contribution in [3.8, 4) is 0 Å². The smallest absolute Gasteiger partial charge is 0.333 e. The number of hydrogen-bond donors (Lipinski definition) is 4. The molecule has 1 atom stereocenters. The van der Waals surface area contributed by atoms with Gasteiger partial charge in [0.1, 0.15) is 5.69 Å². The summed E-state index contributed by atoms with van der Waals surface area (Å²) in [6.45, 7) is 6.83. The third kappa shape index (κ3) is 11.8. The summed E-state index contributed by atoms with van der Waals surface area (Å²) in [5.74, 6) is -0.280. The third-order valence-corrected chi connectivity index (χ3v) is 6.52. The van der Waals surface area contributed by atoms with Crippen LogP contribution in [0.2, 0.25) is 0 Å². The van der Waals surface area contributed by atoms with Crippen molar-refractivity contribution in [1.29, 1.82) is 0 Å². The number of halogens is 3. The summed E-state index contributed by atoms with van der Waals surface area (Å²) >= 11 is 2.43. The van der Waals surface area contributed by atoms with E-state index in [9.17, 15) is 21.6 Å². The Morgan fingerprint density at radius 2 is 1.77 bits per heavy atom. The van der Waals surface area contributed by atoms with Crippen LogP contribution in [0.3, 0.4) is 0 Å². The highest BCUT2D eigenvalue weighted by Crippen LogP contribution is 2.42. The molecule has 0 aliphatic rings. The summed E-state index contributed by atoms with van der Waals surface area (Å²) in [5.41, 5.74) is -2.74. The van der Waals surface area contributed by atoms with Gasteiger partial charge in [-0.1, -0.05) is 33.6 Å². The number of unbranched alkanes of at least 4 members (excludes halogenated alkanes) is 2. The van der Waals surface area contributed by atoms with Crippen molar-refractivity contribution in [1.82, 2.24) is 0 Å². The molecule has 1 rings (SSSR count). The molecule has 0 saturated carbocycles. The first-order valence-corrected chi connectivity index (χ1v) is 12.6. The largest absolute Gasteiger partial charge is 0.446 e. The van der Waals surface area contributed by atoms with Crippen LogP contribution in [-0.2, 0) is 15.5 Å². The lowest BCUT2D eigenvalue weighted by Gasteiger charge is -2.30. The van der Waals surface area contributed by atoms with Crippen molar-refractivity contribution in [2.24, 2.45) is 0 Å². The van der Waals surface area contributed by atoms with Gasteiger partial charge in [0.15, 0.2) is 0 Å². The quantitative estimate of drug-likeness (QED) is 0.0782. The van der Waals surface area contributed by atoms with E-state index in [1.807, 2.05) is 5.32 Å². The highest BCUT2D eigenvalue weighted by Gasteiger charge is 2.32. The molecule has 0 radical (unpaired) electrons. The summed E-state index contributed by atoms with van der Waals surface area (Å²) in [4.78, 5) is 0.183. The molecule has 4 N–H and O–H groups in total. The number of quaternary nitrogens is 1. The molecule has 0 aliphatic carbocycles. The molecule has 0 bridgehead atoms.